The lowest BCUT2D eigenvalue weighted by atomic mass is 10.1. The predicted molar refractivity (Wildman–Crippen MR) is 111 cm³/mol. The molecule has 0 aliphatic rings. The van der Waals surface area contributed by atoms with Crippen LogP contribution in [0.2, 0.25) is 0 Å². The maximum Gasteiger partial charge on any atom is 0.251 e. The van der Waals surface area contributed by atoms with Crippen LogP contribution in [0.5, 0.6) is 5.75 Å². The number of nitrogens with one attached hydrogen (secondary N) is 1. The first-order chi connectivity index (χ1) is 13.8. The van der Waals surface area contributed by atoms with E-state index in [0.717, 1.165) is 34.1 Å². The van der Waals surface area contributed by atoms with Crippen molar-refractivity contribution in [1.82, 2.24) is 25.1 Å². The van der Waals surface area contributed by atoms with Crippen molar-refractivity contribution in [2.24, 2.45) is 0 Å². The molecule has 3 rings (SSSR count). The van der Waals surface area contributed by atoms with Gasteiger partial charge in [-0.05, 0) is 52.8 Å². The molecule has 0 spiro atoms. The van der Waals surface area contributed by atoms with Crippen LogP contribution in [-0.2, 0) is 11.2 Å². The Bertz CT molecular complexity index is 989. The maximum absolute atomic E-state index is 12.4. The van der Waals surface area contributed by atoms with Gasteiger partial charge in [0.15, 0.2) is 0 Å². The fourth-order valence-electron chi connectivity index (χ4n) is 3.14. The third kappa shape index (κ3) is 5.19. The predicted octanol–water partition coefficient (Wildman–Crippen LogP) is 2.94. The van der Waals surface area contributed by atoms with Gasteiger partial charge in [-0.25, -0.2) is 14.6 Å². The second-order valence-corrected chi connectivity index (χ2v) is 7.20. The van der Waals surface area contributed by atoms with Gasteiger partial charge in [-0.1, -0.05) is 17.7 Å². The molecule has 0 bridgehead atoms. The van der Waals surface area contributed by atoms with Crippen molar-refractivity contribution in [1.29, 1.82) is 0 Å². The molecule has 0 aliphatic carbocycles. The lowest BCUT2D eigenvalue weighted by Crippen LogP contribution is -2.29. The summed E-state index contributed by atoms with van der Waals surface area (Å²) in [5.74, 6) is 1.26. The van der Waals surface area contributed by atoms with Crippen LogP contribution >= 0.6 is 0 Å². The summed E-state index contributed by atoms with van der Waals surface area (Å²) in [6.45, 7) is 10.6. The molecule has 0 radical (unpaired) electrons. The molecule has 1 N–H and O–H groups in total. The molecule has 0 atom stereocenters. The van der Waals surface area contributed by atoms with Gasteiger partial charge in [0.05, 0.1) is 18.7 Å². The molecule has 0 aliphatic heterocycles. The highest BCUT2D eigenvalue weighted by Crippen LogP contribution is 2.17. The average Bonchev–Trinajstić information content (AvgIpc) is 2.94. The van der Waals surface area contributed by atoms with Gasteiger partial charge in [0.2, 0.25) is 5.91 Å². The maximum atomic E-state index is 12.4. The summed E-state index contributed by atoms with van der Waals surface area (Å²) < 4.78 is 7.35. The van der Waals surface area contributed by atoms with Crippen LogP contribution in [0.1, 0.15) is 33.9 Å². The lowest BCUT2D eigenvalue weighted by molar-refractivity contribution is -0.120. The number of hydrogen-bond acceptors (Lipinski definition) is 5. The molecular weight excluding hydrogens is 366 g/mol. The monoisotopic (exact) mass is 393 g/mol. The number of hydrogen-bond donors (Lipinski definition) is 1. The number of ether oxygens (including phenoxy) is 1. The Morgan fingerprint density at radius 3 is 2.34 bits per heavy atom. The molecular formula is C22H27N5O2. The number of benzene rings is 1. The molecule has 2 heterocycles. The normalized spacial score (nSPS) is 10.8. The number of amides is 1. The zero-order chi connectivity index (χ0) is 21.0. The zero-order valence-corrected chi connectivity index (χ0v) is 17.6. The number of carbonyl (C=O) groups is 1. The Balaban J connectivity index is 1.59. The van der Waals surface area contributed by atoms with E-state index in [1.165, 1.54) is 5.56 Å². The van der Waals surface area contributed by atoms with Crippen LogP contribution in [0.25, 0.3) is 5.95 Å². The van der Waals surface area contributed by atoms with Crippen LogP contribution in [0.4, 0.5) is 0 Å². The number of rotatable bonds is 7. The Morgan fingerprint density at radius 1 is 1.03 bits per heavy atom. The molecule has 7 nitrogen and oxygen atoms in total. The highest BCUT2D eigenvalue weighted by molar-refractivity contribution is 5.79. The molecule has 1 amide bonds. The molecule has 1 aromatic carbocycles. The van der Waals surface area contributed by atoms with Crippen molar-refractivity contribution in [3.63, 3.8) is 0 Å². The van der Waals surface area contributed by atoms with Gasteiger partial charge in [-0.15, -0.1) is 0 Å². The number of nitrogens with zero attached hydrogens (tertiary/aromatic N) is 4. The molecule has 29 heavy (non-hydrogen) atoms. The van der Waals surface area contributed by atoms with E-state index in [0.29, 0.717) is 19.1 Å². The van der Waals surface area contributed by atoms with Gasteiger partial charge in [-0.3, -0.25) is 4.79 Å². The zero-order valence-electron chi connectivity index (χ0n) is 17.6. The quantitative estimate of drug-likeness (QED) is 0.624. The summed E-state index contributed by atoms with van der Waals surface area (Å²) >= 11 is 0. The number of carbonyl (C=O) groups excluding carboxylic acids is 1. The van der Waals surface area contributed by atoms with Crippen molar-refractivity contribution in [2.45, 2.75) is 41.0 Å². The van der Waals surface area contributed by atoms with E-state index in [1.807, 2.05) is 65.0 Å². The Kier molecular flexibility index (Phi) is 6.26. The van der Waals surface area contributed by atoms with Gasteiger partial charge in [0, 0.05) is 22.6 Å². The second kappa shape index (κ2) is 8.86. The minimum Gasteiger partial charge on any atom is -0.492 e. The van der Waals surface area contributed by atoms with Crippen molar-refractivity contribution in [3.8, 4) is 11.7 Å². The van der Waals surface area contributed by atoms with Crippen molar-refractivity contribution >= 4 is 5.91 Å². The third-order valence-electron chi connectivity index (χ3n) is 4.65. The molecule has 0 saturated heterocycles. The van der Waals surface area contributed by atoms with E-state index in [1.54, 1.807) is 4.68 Å². The van der Waals surface area contributed by atoms with Crippen LogP contribution in [0.15, 0.2) is 30.3 Å². The number of aromatic nitrogens is 4. The fourth-order valence-corrected chi connectivity index (χ4v) is 3.14. The Hall–Kier alpha value is -3.22. The average molecular weight is 393 g/mol. The van der Waals surface area contributed by atoms with Crippen LogP contribution in [-0.4, -0.2) is 38.8 Å². The SMILES string of the molecule is Cc1ccc(OCCNC(=O)Cc2c(C)nn(-c3nc(C)cc(C)n3)c2C)cc1. The molecule has 3 aromatic rings. The van der Waals surface area contributed by atoms with Gasteiger partial charge in [0.25, 0.3) is 5.95 Å². The Labute approximate surface area is 171 Å². The van der Waals surface area contributed by atoms with Gasteiger partial charge in [-0.2, -0.15) is 5.10 Å². The first-order valence-corrected chi connectivity index (χ1v) is 9.67. The second-order valence-electron chi connectivity index (χ2n) is 7.20. The minimum atomic E-state index is -0.0652. The largest absolute Gasteiger partial charge is 0.492 e. The summed E-state index contributed by atoms with van der Waals surface area (Å²) in [7, 11) is 0. The van der Waals surface area contributed by atoms with E-state index in [4.69, 9.17) is 4.74 Å². The summed E-state index contributed by atoms with van der Waals surface area (Å²) in [6.07, 6.45) is 0.257. The molecule has 152 valence electrons. The molecule has 7 heteroatoms. The standard InChI is InChI=1S/C22H27N5O2/c1-14-6-8-19(9-7-14)29-11-10-23-21(28)13-20-17(4)26-27(18(20)5)22-24-15(2)12-16(3)25-22/h6-9,12H,10-11,13H2,1-5H3,(H,23,28). The molecule has 2 aromatic heterocycles. The Morgan fingerprint density at radius 2 is 1.69 bits per heavy atom. The summed E-state index contributed by atoms with van der Waals surface area (Å²) in [5, 5.41) is 7.45. The van der Waals surface area contributed by atoms with E-state index < -0.39 is 0 Å². The third-order valence-corrected chi connectivity index (χ3v) is 4.65. The number of aryl methyl sites for hydroxylation is 4. The minimum absolute atomic E-state index is 0.0652. The van der Waals surface area contributed by atoms with E-state index in [-0.39, 0.29) is 12.3 Å². The van der Waals surface area contributed by atoms with Gasteiger partial charge in [0.1, 0.15) is 12.4 Å². The fraction of sp³-hybridized carbons (Fsp3) is 0.364. The van der Waals surface area contributed by atoms with E-state index >= 15 is 0 Å². The molecule has 0 unspecified atom stereocenters. The van der Waals surface area contributed by atoms with Crippen molar-refractivity contribution in [2.75, 3.05) is 13.2 Å². The van der Waals surface area contributed by atoms with Crippen molar-refractivity contribution in [3.05, 3.63) is 64.2 Å². The lowest BCUT2D eigenvalue weighted by Gasteiger charge is -2.09. The first-order valence-electron chi connectivity index (χ1n) is 9.67. The summed E-state index contributed by atoms with van der Waals surface area (Å²) in [5.41, 5.74) is 5.52. The highest BCUT2D eigenvalue weighted by Gasteiger charge is 2.17. The topological polar surface area (TPSA) is 81.9 Å². The smallest absolute Gasteiger partial charge is 0.251 e. The molecule has 0 fully saturated rings. The first kappa shape index (κ1) is 20.5. The van der Waals surface area contributed by atoms with E-state index in [2.05, 4.69) is 20.4 Å². The summed E-state index contributed by atoms with van der Waals surface area (Å²) in [6, 6.07) is 9.76. The van der Waals surface area contributed by atoms with Crippen LogP contribution < -0.4 is 10.1 Å². The van der Waals surface area contributed by atoms with Gasteiger partial charge >= 0.3 is 0 Å². The van der Waals surface area contributed by atoms with E-state index in [9.17, 15) is 4.79 Å². The summed E-state index contributed by atoms with van der Waals surface area (Å²) in [4.78, 5) is 21.3. The van der Waals surface area contributed by atoms with Crippen LogP contribution in [0, 0.1) is 34.6 Å². The van der Waals surface area contributed by atoms with Gasteiger partial charge < -0.3 is 10.1 Å². The van der Waals surface area contributed by atoms with Crippen molar-refractivity contribution < 1.29 is 9.53 Å². The highest BCUT2D eigenvalue weighted by atomic mass is 16.5. The van der Waals surface area contributed by atoms with Crippen LogP contribution in [0.3, 0.4) is 0 Å². The molecule has 0 saturated carbocycles.